The fourth-order valence-corrected chi connectivity index (χ4v) is 6.72. The van der Waals surface area contributed by atoms with Gasteiger partial charge in [0.2, 0.25) is 11.8 Å². The molecule has 0 radical (unpaired) electrons. The molecule has 2 amide bonds. The molecule has 35 heavy (non-hydrogen) atoms. The van der Waals surface area contributed by atoms with Crippen LogP contribution in [0.4, 0.5) is 0 Å². The van der Waals surface area contributed by atoms with Gasteiger partial charge in [-0.2, -0.15) is 0 Å². The van der Waals surface area contributed by atoms with Crippen LogP contribution in [-0.4, -0.2) is 82.3 Å². The monoisotopic (exact) mass is 488 g/mol. The molecular formula is C27H40N2O6. The van der Waals surface area contributed by atoms with Crippen LogP contribution in [0.5, 0.6) is 0 Å². The van der Waals surface area contributed by atoms with E-state index in [1.165, 1.54) is 0 Å². The van der Waals surface area contributed by atoms with Gasteiger partial charge in [-0.3, -0.25) is 14.4 Å². The SMILES string of the molecule is CC(C)(C)CC(C)(C)N1CC=C[C@]23O[C@H]4C=CCOC(=O)[C@H]4[C@H]2C(=O)N(CCCCCO)C3C1=O. The molecule has 5 atom stereocenters. The molecule has 4 aliphatic heterocycles. The van der Waals surface area contributed by atoms with Gasteiger partial charge in [0, 0.05) is 25.2 Å². The van der Waals surface area contributed by atoms with Crippen molar-refractivity contribution in [3.63, 3.8) is 0 Å². The van der Waals surface area contributed by atoms with Crippen molar-refractivity contribution < 1.29 is 29.0 Å². The van der Waals surface area contributed by atoms with Gasteiger partial charge in [-0.05, 0) is 51.0 Å². The minimum absolute atomic E-state index is 0.00109. The molecule has 1 spiro atoms. The first-order valence-electron chi connectivity index (χ1n) is 12.8. The second-order valence-corrected chi connectivity index (χ2v) is 12.1. The molecule has 0 aromatic carbocycles. The Labute approximate surface area is 208 Å². The molecule has 4 aliphatic rings. The van der Waals surface area contributed by atoms with Gasteiger partial charge in [0.05, 0.1) is 12.0 Å². The molecule has 0 aromatic heterocycles. The van der Waals surface area contributed by atoms with Gasteiger partial charge in [-0.25, -0.2) is 0 Å². The van der Waals surface area contributed by atoms with Crippen LogP contribution in [0.25, 0.3) is 0 Å². The normalized spacial score (nSPS) is 32.8. The number of hydrogen-bond donors (Lipinski definition) is 1. The average molecular weight is 489 g/mol. The number of aliphatic hydroxyl groups is 1. The van der Waals surface area contributed by atoms with Crippen LogP contribution in [0.15, 0.2) is 24.3 Å². The van der Waals surface area contributed by atoms with Gasteiger partial charge in [-0.1, -0.05) is 39.0 Å². The highest BCUT2D eigenvalue weighted by Gasteiger charge is 2.72. The fraction of sp³-hybridized carbons (Fsp3) is 0.741. The van der Waals surface area contributed by atoms with Crippen molar-refractivity contribution in [2.24, 2.45) is 17.3 Å². The third-order valence-electron chi connectivity index (χ3n) is 7.66. The number of esters is 1. The van der Waals surface area contributed by atoms with E-state index in [1.54, 1.807) is 17.1 Å². The molecule has 2 fully saturated rings. The Bertz CT molecular complexity index is 919. The predicted octanol–water partition coefficient (Wildman–Crippen LogP) is 2.46. The van der Waals surface area contributed by atoms with E-state index in [2.05, 4.69) is 34.6 Å². The van der Waals surface area contributed by atoms with Crippen molar-refractivity contribution in [2.75, 3.05) is 26.3 Å². The van der Waals surface area contributed by atoms with Crippen LogP contribution in [-0.2, 0) is 23.9 Å². The van der Waals surface area contributed by atoms with Gasteiger partial charge in [0.15, 0.2) is 0 Å². The maximum Gasteiger partial charge on any atom is 0.313 e. The van der Waals surface area contributed by atoms with E-state index in [-0.39, 0.29) is 30.4 Å². The van der Waals surface area contributed by atoms with E-state index in [4.69, 9.17) is 9.47 Å². The maximum absolute atomic E-state index is 14.3. The largest absolute Gasteiger partial charge is 0.461 e. The van der Waals surface area contributed by atoms with Gasteiger partial charge in [0.25, 0.3) is 0 Å². The molecule has 8 heteroatoms. The van der Waals surface area contributed by atoms with Crippen molar-refractivity contribution in [1.29, 1.82) is 0 Å². The zero-order valence-corrected chi connectivity index (χ0v) is 21.7. The zero-order valence-electron chi connectivity index (χ0n) is 21.7. The Morgan fingerprint density at radius 1 is 1.06 bits per heavy atom. The summed E-state index contributed by atoms with van der Waals surface area (Å²) in [5, 5.41) is 9.18. The number of fused-ring (bicyclic) bond motifs is 2. The lowest BCUT2D eigenvalue weighted by Crippen LogP contribution is -2.59. The molecule has 0 saturated carbocycles. The Hall–Kier alpha value is -2.19. The third-order valence-corrected chi connectivity index (χ3v) is 7.66. The van der Waals surface area contributed by atoms with Crippen LogP contribution in [0.2, 0.25) is 0 Å². The van der Waals surface area contributed by atoms with E-state index >= 15 is 0 Å². The summed E-state index contributed by atoms with van der Waals surface area (Å²) < 4.78 is 11.9. The molecule has 1 unspecified atom stereocenters. The predicted molar refractivity (Wildman–Crippen MR) is 130 cm³/mol. The Kier molecular flexibility index (Phi) is 6.92. The molecule has 4 heterocycles. The molecule has 0 bridgehead atoms. The van der Waals surface area contributed by atoms with Crippen molar-refractivity contribution in [3.8, 4) is 0 Å². The highest BCUT2D eigenvalue weighted by atomic mass is 16.6. The molecule has 2 saturated heterocycles. The summed E-state index contributed by atoms with van der Waals surface area (Å²) in [6.07, 6.45) is 9.55. The smallest absolute Gasteiger partial charge is 0.313 e. The Morgan fingerprint density at radius 2 is 1.80 bits per heavy atom. The van der Waals surface area contributed by atoms with E-state index in [9.17, 15) is 19.5 Å². The number of likely N-dealkylation sites (tertiary alicyclic amines) is 1. The van der Waals surface area contributed by atoms with Gasteiger partial charge >= 0.3 is 5.97 Å². The van der Waals surface area contributed by atoms with Gasteiger partial charge < -0.3 is 24.4 Å². The quantitative estimate of drug-likeness (QED) is 0.336. The van der Waals surface area contributed by atoms with Crippen molar-refractivity contribution in [2.45, 2.75) is 83.6 Å². The molecule has 8 nitrogen and oxygen atoms in total. The van der Waals surface area contributed by atoms with Crippen LogP contribution in [0.1, 0.15) is 60.3 Å². The zero-order chi connectivity index (χ0) is 25.6. The topological polar surface area (TPSA) is 96.4 Å². The number of ether oxygens (including phenoxy) is 2. The summed E-state index contributed by atoms with van der Waals surface area (Å²) >= 11 is 0. The maximum atomic E-state index is 14.3. The summed E-state index contributed by atoms with van der Waals surface area (Å²) in [6, 6.07) is -0.847. The molecule has 0 aliphatic carbocycles. The van der Waals surface area contributed by atoms with Crippen molar-refractivity contribution in [1.82, 2.24) is 9.80 Å². The Morgan fingerprint density at radius 3 is 2.49 bits per heavy atom. The van der Waals surface area contributed by atoms with Gasteiger partial charge in [0.1, 0.15) is 24.2 Å². The first-order chi connectivity index (χ1) is 16.4. The number of cyclic esters (lactones) is 1. The second kappa shape index (κ2) is 9.36. The van der Waals surface area contributed by atoms with E-state index in [0.717, 1.165) is 12.8 Å². The number of amides is 2. The summed E-state index contributed by atoms with van der Waals surface area (Å²) in [4.78, 5) is 44.7. The summed E-state index contributed by atoms with van der Waals surface area (Å²) in [7, 11) is 0. The number of hydrogen-bond acceptors (Lipinski definition) is 6. The third kappa shape index (κ3) is 4.55. The highest BCUT2D eigenvalue weighted by Crippen LogP contribution is 2.53. The molecular weight excluding hydrogens is 448 g/mol. The lowest BCUT2D eigenvalue weighted by Gasteiger charge is -2.44. The molecule has 0 aromatic rings. The highest BCUT2D eigenvalue weighted by molar-refractivity contribution is 5.99. The average Bonchev–Trinajstić information content (AvgIpc) is 3.03. The van der Waals surface area contributed by atoms with E-state index < -0.39 is 41.1 Å². The second-order valence-electron chi connectivity index (χ2n) is 12.1. The minimum Gasteiger partial charge on any atom is -0.461 e. The van der Waals surface area contributed by atoms with E-state index in [1.807, 2.05) is 17.1 Å². The Balaban J connectivity index is 1.75. The van der Waals surface area contributed by atoms with Crippen LogP contribution >= 0.6 is 0 Å². The lowest BCUT2D eigenvalue weighted by molar-refractivity contribution is -0.154. The lowest BCUT2D eigenvalue weighted by atomic mass is 9.77. The standard InChI is InChI=1S/C27H40N2O6/c1-25(2,3)17-26(4,5)29-14-10-12-27-20(19-18(35-27)11-9-16-34-24(19)33)22(31)28(21(27)23(29)32)13-7-6-8-15-30/h9-12,18-21,30H,6-8,13-17H2,1-5H3/t18-,19+,20-,21?,27-/m0/s1. The molecule has 1 N–H and O–H groups in total. The van der Waals surface area contributed by atoms with Crippen LogP contribution in [0, 0.1) is 17.3 Å². The fourth-order valence-electron chi connectivity index (χ4n) is 6.72. The van der Waals surface area contributed by atoms with Crippen molar-refractivity contribution >= 4 is 17.8 Å². The number of carbonyl (C=O) groups excluding carboxylic acids is 3. The summed E-state index contributed by atoms with van der Waals surface area (Å²) in [5.74, 6) is -2.41. The number of rotatable bonds is 7. The summed E-state index contributed by atoms with van der Waals surface area (Å²) in [5.41, 5.74) is -1.66. The first kappa shape index (κ1) is 25.9. The molecule has 194 valence electrons. The minimum atomic E-state index is -1.21. The number of carbonyl (C=O) groups is 3. The van der Waals surface area contributed by atoms with Crippen LogP contribution in [0.3, 0.4) is 0 Å². The molecule has 4 rings (SSSR count). The number of nitrogens with zero attached hydrogens (tertiary/aromatic N) is 2. The first-order valence-corrected chi connectivity index (χ1v) is 12.8. The number of unbranched alkanes of at least 4 members (excludes halogenated alkanes) is 2. The van der Waals surface area contributed by atoms with Gasteiger partial charge in [-0.15, -0.1) is 0 Å². The van der Waals surface area contributed by atoms with Crippen molar-refractivity contribution in [3.05, 3.63) is 24.3 Å². The van der Waals surface area contributed by atoms with Crippen LogP contribution < -0.4 is 0 Å². The summed E-state index contributed by atoms with van der Waals surface area (Å²) in [6.45, 7) is 11.6. The number of aliphatic hydroxyl groups excluding tert-OH is 1. The van der Waals surface area contributed by atoms with E-state index in [0.29, 0.717) is 25.9 Å².